The highest BCUT2D eigenvalue weighted by Crippen LogP contribution is 2.30. The Bertz CT molecular complexity index is 688. The first-order chi connectivity index (χ1) is 9.64. The third-order valence-corrected chi connectivity index (χ3v) is 5.64. The molecule has 3 N–H and O–H groups in total. The topological polar surface area (TPSA) is 123 Å². The first kappa shape index (κ1) is 15.5. The number of primary amides is 1. The van der Waals surface area contributed by atoms with Gasteiger partial charge >= 0.3 is 5.97 Å². The van der Waals surface area contributed by atoms with Crippen molar-refractivity contribution in [3.8, 4) is 0 Å². The van der Waals surface area contributed by atoms with Gasteiger partial charge in [0.15, 0.2) is 0 Å². The zero-order chi connectivity index (χ0) is 15.9. The van der Waals surface area contributed by atoms with Crippen LogP contribution in [0.4, 0.5) is 0 Å². The van der Waals surface area contributed by atoms with Gasteiger partial charge in [-0.2, -0.15) is 4.31 Å². The molecule has 1 aliphatic heterocycles. The number of aryl methyl sites for hydroxylation is 1. The van der Waals surface area contributed by atoms with Crippen LogP contribution in [-0.4, -0.2) is 47.4 Å². The Hall–Kier alpha value is -1.87. The van der Waals surface area contributed by atoms with E-state index in [0.29, 0.717) is 0 Å². The molecule has 1 aliphatic rings. The third kappa shape index (κ3) is 2.66. The predicted molar refractivity (Wildman–Crippen MR) is 73.0 cm³/mol. The Kier molecular flexibility index (Phi) is 3.81. The minimum absolute atomic E-state index is 0.0137. The summed E-state index contributed by atoms with van der Waals surface area (Å²) in [5.74, 6) is -2.43. The SMILES string of the molecule is CC(C(=O)O)C1CN(S(=O)(=O)c2cc(C(N)=O)n(C)c2)C1. The lowest BCUT2D eigenvalue weighted by Gasteiger charge is -2.39. The van der Waals surface area contributed by atoms with Crippen molar-refractivity contribution in [2.45, 2.75) is 11.8 Å². The fourth-order valence-electron chi connectivity index (χ4n) is 2.25. The summed E-state index contributed by atoms with van der Waals surface area (Å²) in [6.07, 6.45) is 1.32. The highest BCUT2D eigenvalue weighted by atomic mass is 32.2. The molecule has 2 rings (SSSR count). The van der Waals surface area contributed by atoms with Crippen LogP contribution in [0.25, 0.3) is 0 Å². The van der Waals surface area contributed by atoms with Gasteiger partial charge < -0.3 is 15.4 Å². The summed E-state index contributed by atoms with van der Waals surface area (Å²) < 4.78 is 27.3. The molecule has 0 spiro atoms. The second-order valence-corrected chi connectivity index (χ2v) is 7.18. The molecule has 8 nitrogen and oxygen atoms in total. The van der Waals surface area contributed by atoms with Gasteiger partial charge in [0.1, 0.15) is 10.6 Å². The molecular weight excluding hydrogens is 298 g/mol. The van der Waals surface area contributed by atoms with Crippen LogP contribution in [0.1, 0.15) is 17.4 Å². The highest BCUT2D eigenvalue weighted by molar-refractivity contribution is 7.89. The Labute approximate surface area is 122 Å². The van der Waals surface area contributed by atoms with Crippen molar-refractivity contribution in [2.24, 2.45) is 24.6 Å². The summed E-state index contributed by atoms with van der Waals surface area (Å²) in [7, 11) is -2.19. The molecule has 1 fully saturated rings. The number of nitrogens with zero attached hydrogens (tertiary/aromatic N) is 2. The number of rotatable bonds is 5. The van der Waals surface area contributed by atoms with Crippen LogP contribution in [0.3, 0.4) is 0 Å². The second kappa shape index (κ2) is 5.15. The zero-order valence-electron chi connectivity index (χ0n) is 11.7. The van der Waals surface area contributed by atoms with E-state index in [4.69, 9.17) is 10.8 Å². The van der Waals surface area contributed by atoms with Gasteiger partial charge in [0.2, 0.25) is 10.0 Å². The van der Waals surface area contributed by atoms with Crippen molar-refractivity contribution in [3.63, 3.8) is 0 Å². The van der Waals surface area contributed by atoms with Crippen molar-refractivity contribution < 1.29 is 23.1 Å². The van der Waals surface area contributed by atoms with Gasteiger partial charge in [-0.3, -0.25) is 9.59 Å². The van der Waals surface area contributed by atoms with E-state index in [-0.39, 0.29) is 29.6 Å². The molecule has 0 saturated carbocycles. The number of carboxylic acid groups (broad SMARTS) is 1. The van der Waals surface area contributed by atoms with Gasteiger partial charge in [-0.1, -0.05) is 6.92 Å². The van der Waals surface area contributed by atoms with Crippen LogP contribution in [0, 0.1) is 11.8 Å². The summed E-state index contributed by atoms with van der Waals surface area (Å²) >= 11 is 0. The van der Waals surface area contributed by atoms with E-state index in [2.05, 4.69) is 0 Å². The average molecular weight is 315 g/mol. The monoisotopic (exact) mass is 315 g/mol. The molecule has 0 aliphatic carbocycles. The molecule has 0 radical (unpaired) electrons. The molecule has 1 amide bonds. The first-order valence-electron chi connectivity index (χ1n) is 6.33. The van der Waals surface area contributed by atoms with Crippen LogP contribution in [0.5, 0.6) is 0 Å². The minimum atomic E-state index is -3.72. The summed E-state index contributed by atoms with van der Waals surface area (Å²) in [6, 6.07) is 1.23. The molecule has 21 heavy (non-hydrogen) atoms. The number of carboxylic acids is 1. The zero-order valence-corrected chi connectivity index (χ0v) is 12.5. The molecule has 116 valence electrons. The number of hydrogen-bond donors (Lipinski definition) is 2. The van der Waals surface area contributed by atoms with Crippen molar-refractivity contribution >= 4 is 21.9 Å². The Morgan fingerprint density at radius 2 is 2.00 bits per heavy atom. The van der Waals surface area contributed by atoms with E-state index >= 15 is 0 Å². The molecule has 0 aromatic carbocycles. The summed E-state index contributed by atoms with van der Waals surface area (Å²) in [5.41, 5.74) is 5.26. The van der Waals surface area contributed by atoms with Gasteiger partial charge in [0.05, 0.1) is 5.92 Å². The number of carbonyl (C=O) groups is 2. The highest BCUT2D eigenvalue weighted by Gasteiger charge is 2.41. The largest absolute Gasteiger partial charge is 0.481 e. The molecular formula is C12H17N3O5S. The smallest absolute Gasteiger partial charge is 0.306 e. The van der Waals surface area contributed by atoms with Gasteiger partial charge in [-0.05, 0) is 12.0 Å². The molecule has 0 bridgehead atoms. The molecule has 1 atom stereocenters. The van der Waals surface area contributed by atoms with Crippen molar-refractivity contribution in [1.82, 2.24) is 8.87 Å². The maximum absolute atomic E-state index is 12.4. The quantitative estimate of drug-likeness (QED) is 0.756. The first-order valence-corrected chi connectivity index (χ1v) is 7.77. The molecule has 2 heterocycles. The van der Waals surface area contributed by atoms with Gasteiger partial charge in [0.25, 0.3) is 5.91 Å². The Morgan fingerprint density at radius 3 is 2.43 bits per heavy atom. The van der Waals surface area contributed by atoms with Crippen LogP contribution >= 0.6 is 0 Å². The van der Waals surface area contributed by atoms with Crippen LogP contribution < -0.4 is 5.73 Å². The van der Waals surface area contributed by atoms with E-state index in [1.807, 2.05) is 0 Å². The maximum Gasteiger partial charge on any atom is 0.306 e. The minimum Gasteiger partial charge on any atom is -0.481 e. The van der Waals surface area contributed by atoms with E-state index in [1.165, 1.54) is 28.2 Å². The number of hydrogen-bond acceptors (Lipinski definition) is 4. The lowest BCUT2D eigenvalue weighted by atomic mass is 9.89. The maximum atomic E-state index is 12.4. The summed E-state index contributed by atoms with van der Waals surface area (Å²) in [4.78, 5) is 22.0. The van der Waals surface area contributed by atoms with Crippen LogP contribution in [0.15, 0.2) is 17.2 Å². The predicted octanol–water partition coefficient (Wildman–Crippen LogP) is -0.535. The number of carbonyl (C=O) groups excluding carboxylic acids is 1. The molecule has 1 saturated heterocycles. The van der Waals surface area contributed by atoms with Gasteiger partial charge in [-0.15, -0.1) is 0 Å². The average Bonchev–Trinajstić information content (AvgIpc) is 2.69. The van der Waals surface area contributed by atoms with Crippen molar-refractivity contribution in [1.29, 1.82) is 0 Å². The molecule has 9 heteroatoms. The summed E-state index contributed by atoms with van der Waals surface area (Å²) in [5, 5.41) is 8.90. The van der Waals surface area contributed by atoms with Crippen molar-refractivity contribution in [3.05, 3.63) is 18.0 Å². The van der Waals surface area contributed by atoms with Gasteiger partial charge in [0, 0.05) is 26.3 Å². The standard InChI is InChI=1S/C12H17N3O5S/c1-7(12(17)18)8-4-15(5-8)21(19,20)9-3-10(11(13)16)14(2)6-9/h3,6-8H,4-5H2,1-2H3,(H2,13,16)(H,17,18). The molecule has 1 aromatic rings. The fourth-order valence-corrected chi connectivity index (χ4v) is 3.88. The van der Waals surface area contributed by atoms with E-state index in [1.54, 1.807) is 6.92 Å². The fraction of sp³-hybridized carbons (Fsp3) is 0.500. The summed E-state index contributed by atoms with van der Waals surface area (Å²) in [6.45, 7) is 1.89. The number of sulfonamides is 1. The molecule has 1 aromatic heterocycles. The number of aromatic nitrogens is 1. The third-order valence-electron chi connectivity index (χ3n) is 3.84. The van der Waals surface area contributed by atoms with E-state index < -0.39 is 27.8 Å². The number of amides is 1. The Morgan fingerprint density at radius 1 is 1.43 bits per heavy atom. The van der Waals surface area contributed by atoms with E-state index in [9.17, 15) is 18.0 Å². The lowest BCUT2D eigenvalue weighted by Crippen LogP contribution is -2.53. The van der Waals surface area contributed by atoms with Crippen molar-refractivity contribution in [2.75, 3.05) is 13.1 Å². The number of nitrogens with two attached hydrogens (primary N) is 1. The Balaban J connectivity index is 2.16. The van der Waals surface area contributed by atoms with Gasteiger partial charge in [-0.25, -0.2) is 8.42 Å². The normalized spacial score (nSPS) is 18.2. The van der Waals surface area contributed by atoms with Crippen LogP contribution in [0.2, 0.25) is 0 Å². The second-order valence-electron chi connectivity index (χ2n) is 5.25. The lowest BCUT2D eigenvalue weighted by molar-refractivity contribution is -0.144. The molecule has 1 unspecified atom stereocenters. The number of aliphatic carboxylic acids is 1. The van der Waals surface area contributed by atoms with E-state index in [0.717, 1.165) is 0 Å². The van der Waals surface area contributed by atoms with Crippen LogP contribution in [-0.2, 0) is 21.9 Å².